The molecule has 2 aliphatic rings. The lowest BCUT2D eigenvalue weighted by Gasteiger charge is -2.36. The summed E-state index contributed by atoms with van der Waals surface area (Å²) in [6.45, 7) is 6.29. The van der Waals surface area contributed by atoms with Crippen molar-refractivity contribution in [2.24, 2.45) is 11.3 Å². The van der Waals surface area contributed by atoms with Crippen LogP contribution in [-0.2, 0) is 9.53 Å². The molecule has 0 spiro atoms. The molecule has 6 heteroatoms. The van der Waals surface area contributed by atoms with E-state index in [1.165, 1.54) is 0 Å². The Labute approximate surface area is 125 Å². The summed E-state index contributed by atoms with van der Waals surface area (Å²) in [4.78, 5) is 25.1. The third-order valence-corrected chi connectivity index (χ3v) is 4.93. The van der Waals surface area contributed by atoms with Crippen LogP contribution >= 0.6 is 0 Å². The summed E-state index contributed by atoms with van der Waals surface area (Å²) in [5.41, 5.74) is -0.691. The molecule has 0 aromatic rings. The Kier molecular flexibility index (Phi) is 5.08. The van der Waals surface area contributed by atoms with Crippen molar-refractivity contribution >= 4 is 12.0 Å². The van der Waals surface area contributed by atoms with Crippen LogP contribution in [-0.4, -0.2) is 54.4 Å². The van der Waals surface area contributed by atoms with Crippen LogP contribution in [0, 0.1) is 11.3 Å². The van der Waals surface area contributed by atoms with Gasteiger partial charge < -0.3 is 20.1 Å². The summed E-state index contributed by atoms with van der Waals surface area (Å²) >= 11 is 0. The first kappa shape index (κ1) is 16.1. The zero-order valence-corrected chi connectivity index (χ0v) is 12.9. The van der Waals surface area contributed by atoms with Crippen molar-refractivity contribution in [1.82, 2.24) is 10.2 Å². The van der Waals surface area contributed by atoms with Crippen molar-refractivity contribution in [3.63, 3.8) is 0 Å². The molecule has 6 nitrogen and oxygen atoms in total. The van der Waals surface area contributed by atoms with Gasteiger partial charge in [0, 0.05) is 32.2 Å². The number of rotatable bonds is 4. The first-order chi connectivity index (χ1) is 9.96. The second kappa shape index (κ2) is 6.64. The van der Waals surface area contributed by atoms with E-state index in [2.05, 4.69) is 12.2 Å². The summed E-state index contributed by atoms with van der Waals surface area (Å²) in [6.07, 6.45) is 3.25. The first-order valence-corrected chi connectivity index (χ1v) is 7.84. The van der Waals surface area contributed by atoms with Gasteiger partial charge in [-0.15, -0.1) is 0 Å². The zero-order chi connectivity index (χ0) is 15.5. The van der Waals surface area contributed by atoms with E-state index in [1.807, 2.05) is 0 Å². The highest BCUT2D eigenvalue weighted by Crippen LogP contribution is 2.31. The molecule has 0 saturated carbocycles. The largest absolute Gasteiger partial charge is 0.481 e. The molecular formula is C15H26N2O4. The number of amides is 2. The van der Waals surface area contributed by atoms with E-state index in [0.717, 1.165) is 19.4 Å². The Balaban J connectivity index is 1.76. The molecule has 2 rings (SSSR count). The smallest absolute Gasteiger partial charge is 0.317 e. The topological polar surface area (TPSA) is 78.9 Å². The van der Waals surface area contributed by atoms with E-state index < -0.39 is 11.4 Å². The number of urea groups is 1. The summed E-state index contributed by atoms with van der Waals surface area (Å²) in [7, 11) is 0. The van der Waals surface area contributed by atoms with Crippen molar-refractivity contribution in [1.29, 1.82) is 0 Å². The lowest BCUT2D eigenvalue weighted by atomic mass is 9.80. The van der Waals surface area contributed by atoms with E-state index in [-0.39, 0.29) is 12.1 Å². The van der Waals surface area contributed by atoms with Crippen molar-refractivity contribution < 1.29 is 19.4 Å². The van der Waals surface area contributed by atoms with Gasteiger partial charge in [0.1, 0.15) is 0 Å². The molecule has 0 radical (unpaired) electrons. The fraction of sp³-hybridized carbons (Fsp3) is 0.867. The summed E-state index contributed by atoms with van der Waals surface area (Å²) in [5.74, 6) is -0.371. The lowest BCUT2D eigenvalue weighted by Crippen LogP contribution is -2.49. The maximum absolute atomic E-state index is 12.2. The van der Waals surface area contributed by atoms with Gasteiger partial charge >= 0.3 is 12.0 Å². The second-order valence-corrected chi connectivity index (χ2v) is 6.41. The van der Waals surface area contributed by atoms with Crippen LogP contribution in [0.3, 0.4) is 0 Å². The molecule has 120 valence electrons. The normalized spacial score (nSPS) is 28.4. The molecule has 2 aliphatic heterocycles. The molecule has 0 aromatic heterocycles. The van der Waals surface area contributed by atoms with Gasteiger partial charge in [-0.3, -0.25) is 4.79 Å². The van der Waals surface area contributed by atoms with Gasteiger partial charge in [-0.05, 0) is 32.6 Å². The molecule has 2 atom stereocenters. The number of piperidine rings is 1. The molecular weight excluding hydrogens is 272 g/mol. The molecule has 2 fully saturated rings. The Hall–Kier alpha value is -1.30. The molecule has 2 heterocycles. The molecule has 2 amide bonds. The first-order valence-electron chi connectivity index (χ1n) is 7.84. The number of aliphatic carboxylic acids is 1. The quantitative estimate of drug-likeness (QED) is 0.828. The van der Waals surface area contributed by atoms with Crippen molar-refractivity contribution in [2.75, 3.05) is 26.2 Å². The number of carboxylic acids is 1. The number of likely N-dealkylation sites (tertiary alicyclic amines) is 1. The summed E-state index contributed by atoms with van der Waals surface area (Å²) in [6, 6.07) is -0.0795. The van der Waals surface area contributed by atoms with Crippen molar-refractivity contribution in [3.8, 4) is 0 Å². The predicted octanol–water partition coefficient (Wildman–Crippen LogP) is 1.70. The van der Waals surface area contributed by atoms with Gasteiger partial charge in [0.2, 0.25) is 0 Å². The molecule has 2 unspecified atom stereocenters. The van der Waals surface area contributed by atoms with Gasteiger partial charge in [-0.25, -0.2) is 4.79 Å². The van der Waals surface area contributed by atoms with Gasteiger partial charge in [0.25, 0.3) is 0 Å². The van der Waals surface area contributed by atoms with Crippen LogP contribution < -0.4 is 5.32 Å². The zero-order valence-electron chi connectivity index (χ0n) is 12.9. The number of hydrogen-bond donors (Lipinski definition) is 2. The summed E-state index contributed by atoms with van der Waals surface area (Å²) < 4.78 is 5.62. The van der Waals surface area contributed by atoms with E-state index in [1.54, 1.807) is 11.8 Å². The molecule has 0 bridgehead atoms. The average molecular weight is 298 g/mol. The SMILES string of the molecule is CCC1OCCC1CNC(=O)N1CCC(C)(C(=O)O)CC1. The third kappa shape index (κ3) is 3.67. The van der Waals surface area contributed by atoms with E-state index in [9.17, 15) is 14.7 Å². The highest BCUT2D eigenvalue weighted by atomic mass is 16.5. The second-order valence-electron chi connectivity index (χ2n) is 6.41. The Bertz CT molecular complexity index is 391. The number of ether oxygens (including phenoxy) is 1. The van der Waals surface area contributed by atoms with Gasteiger partial charge in [0.15, 0.2) is 0 Å². The third-order valence-electron chi connectivity index (χ3n) is 4.93. The Morgan fingerprint density at radius 1 is 1.38 bits per heavy atom. The van der Waals surface area contributed by atoms with Crippen molar-refractivity contribution in [2.45, 2.75) is 45.6 Å². The highest BCUT2D eigenvalue weighted by Gasteiger charge is 2.38. The van der Waals surface area contributed by atoms with Crippen LogP contribution in [0.15, 0.2) is 0 Å². The van der Waals surface area contributed by atoms with E-state index in [0.29, 0.717) is 38.4 Å². The van der Waals surface area contributed by atoms with Gasteiger partial charge in [-0.1, -0.05) is 6.92 Å². The van der Waals surface area contributed by atoms with Crippen LogP contribution in [0.1, 0.15) is 39.5 Å². The average Bonchev–Trinajstić information content (AvgIpc) is 2.92. The minimum absolute atomic E-state index is 0.0795. The number of hydrogen-bond acceptors (Lipinski definition) is 3. The number of nitrogens with one attached hydrogen (secondary N) is 1. The van der Waals surface area contributed by atoms with Gasteiger partial charge in [0.05, 0.1) is 11.5 Å². The number of carboxylic acid groups (broad SMARTS) is 1. The van der Waals surface area contributed by atoms with Crippen LogP contribution in [0.2, 0.25) is 0 Å². The van der Waals surface area contributed by atoms with Gasteiger partial charge in [-0.2, -0.15) is 0 Å². The van der Waals surface area contributed by atoms with Crippen LogP contribution in [0.25, 0.3) is 0 Å². The van der Waals surface area contributed by atoms with E-state index in [4.69, 9.17) is 4.74 Å². The van der Waals surface area contributed by atoms with E-state index >= 15 is 0 Å². The number of carbonyl (C=O) groups excluding carboxylic acids is 1. The Morgan fingerprint density at radius 3 is 2.62 bits per heavy atom. The van der Waals surface area contributed by atoms with Crippen molar-refractivity contribution in [3.05, 3.63) is 0 Å². The molecule has 21 heavy (non-hydrogen) atoms. The standard InChI is InChI=1S/C15H26N2O4/c1-3-12-11(4-9-21-12)10-16-14(20)17-7-5-15(2,6-8-17)13(18)19/h11-12H,3-10H2,1-2H3,(H,16,20)(H,18,19). The maximum atomic E-state index is 12.2. The fourth-order valence-corrected chi connectivity index (χ4v) is 3.12. The fourth-order valence-electron chi connectivity index (χ4n) is 3.12. The molecule has 0 aromatic carbocycles. The maximum Gasteiger partial charge on any atom is 0.317 e. The number of carbonyl (C=O) groups is 2. The van der Waals surface area contributed by atoms with Crippen LogP contribution in [0.5, 0.6) is 0 Å². The minimum Gasteiger partial charge on any atom is -0.481 e. The van der Waals surface area contributed by atoms with Crippen LogP contribution in [0.4, 0.5) is 4.79 Å². The summed E-state index contributed by atoms with van der Waals surface area (Å²) in [5, 5.41) is 12.2. The molecule has 2 N–H and O–H groups in total. The Morgan fingerprint density at radius 2 is 2.05 bits per heavy atom. The predicted molar refractivity (Wildman–Crippen MR) is 78.1 cm³/mol. The lowest BCUT2D eigenvalue weighted by molar-refractivity contribution is -0.150. The molecule has 0 aliphatic carbocycles. The highest BCUT2D eigenvalue weighted by molar-refractivity contribution is 5.76. The molecule has 2 saturated heterocycles. The monoisotopic (exact) mass is 298 g/mol. The minimum atomic E-state index is -0.767. The number of nitrogens with zero attached hydrogens (tertiary/aromatic N) is 1.